The van der Waals surface area contributed by atoms with E-state index in [1.807, 2.05) is 19.2 Å². The third-order valence-electron chi connectivity index (χ3n) is 3.27. The molecule has 0 bridgehead atoms. The normalized spacial score (nSPS) is 12.9. The molecule has 0 fully saturated rings. The van der Waals surface area contributed by atoms with Crippen LogP contribution in [0.1, 0.15) is 42.6 Å². The molecule has 17 heavy (non-hydrogen) atoms. The number of Topliss-reactive ketones (excluding diaryl/α,β-unsaturated/α-hetero) is 1. The maximum atomic E-state index is 12.3. The van der Waals surface area contributed by atoms with Gasteiger partial charge < -0.3 is 4.98 Å². The Morgan fingerprint density at radius 1 is 1.41 bits per heavy atom. The molecule has 0 saturated carbocycles. The van der Waals surface area contributed by atoms with Gasteiger partial charge in [-0.1, -0.05) is 31.9 Å². The lowest BCUT2D eigenvalue weighted by Crippen LogP contribution is -2.10. The van der Waals surface area contributed by atoms with Crippen molar-refractivity contribution in [1.82, 2.24) is 4.98 Å². The second kappa shape index (κ2) is 4.74. The van der Waals surface area contributed by atoms with E-state index < -0.39 is 0 Å². The van der Waals surface area contributed by atoms with Crippen LogP contribution in [-0.2, 0) is 0 Å². The molecule has 0 radical (unpaired) electrons. The molecule has 1 aromatic carbocycles. The van der Waals surface area contributed by atoms with Gasteiger partial charge in [0.25, 0.3) is 0 Å². The van der Waals surface area contributed by atoms with Gasteiger partial charge in [-0.25, -0.2) is 0 Å². The van der Waals surface area contributed by atoms with Crippen LogP contribution in [0, 0.1) is 12.8 Å². The maximum absolute atomic E-state index is 12.3. The Morgan fingerprint density at radius 3 is 2.88 bits per heavy atom. The molecular formula is C15H19NO. The molecule has 1 aromatic heterocycles. The second-order valence-electron chi connectivity index (χ2n) is 4.81. The third-order valence-corrected chi connectivity index (χ3v) is 3.27. The SMILES string of the molecule is CCCC(C)C(=O)c1c[nH]c2ccc(C)cc12. The van der Waals surface area contributed by atoms with E-state index in [9.17, 15) is 4.79 Å². The quantitative estimate of drug-likeness (QED) is 0.787. The lowest BCUT2D eigenvalue weighted by atomic mass is 9.95. The number of nitrogens with one attached hydrogen (secondary N) is 1. The summed E-state index contributed by atoms with van der Waals surface area (Å²) in [6, 6.07) is 6.17. The minimum atomic E-state index is 0.111. The van der Waals surface area contributed by atoms with Gasteiger partial charge in [0.1, 0.15) is 0 Å². The Labute approximate surface area is 102 Å². The topological polar surface area (TPSA) is 32.9 Å². The minimum absolute atomic E-state index is 0.111. The zero-order valence-corrected chi connectivity index (χ0v) is 10.7. The smallest absolute Gasteiger partial charge is 0.167 e. The fraction of sp³-hybridized carbons (Fsp3) is 0.400. The molecule has 0 aliphatic rings. The van der Waals surface area contributed by atoms with Crippen molar-refractivity contribution in [2.45, 2.75) is 33.6 Å². The molecule has 1 unspecified atom stereocenters. The average Bonchev–Trinajstić information content (AvgIpc) is 2.71. The number of hydrogen-bond acceptors (Lipinski definition) is 1. The van der Waals surface area contributed by atoms with Gasteiger partial charge in [0, 0.05) is 28.6 Å². The van der Waals surface area contributed by atoms with Crippen LogP contribution < -0.4 is 0 Å². The summed E-state index contributed by atoms with van der Waals surface area (Å²) in [6.45, 7) is 6.18. The van der Waals surface area contributed by atoms with Gasteiger partial charge in [-0.15, -0.1) is 0 Å². The molecule has 0 amide bonds. The highest BCUT2D eigenvalue weighted by molar-refractivity contribution is 6.08. The van der Waals surface area contributed by atoms with Crippen molar-refractivity contribution in [3.63, 3.8) is 0 Å². The van der Waals surface area contributed by atoms with Gasteiger partial charge in [0.05, 0.1) is 0 Å². The van der Waals surface area contributed by atoms with Gasteiger partial charge in [-0.2, -0.15) is 0 Å². The summed E-state index contributed by atoms with van der Waals surface area (Å²) in [7, 11) is 0. The number of aromatic amines is 1. The summed E-state index contributed by atoms with van der Waals surface area (Å²) in [5, 5.41) is 1.05. The fourth-order valence-electron chi connectivity index (χ4n) is 2.27. The van der Waals surface area contributed by atoms with Crippen LogP contribution >= 0.6 is 0 Å². The standard InChI is InChI=1S/C15H19NO/c1-4-5-11(3)15(17)13-9-16-14-7-6-10(2)8-12(13)14/h6-9,11,16H,4-5H2,1-3H3. The van der Waals surface area contributed by atoms with Crippen molar-refractivity contribution in [2.24, 2.45) is 5.92 Å². The highest BCUT2D eigenvalue weighted by Crippen LogP contribution is 2.23. The summed E-state index contributed by atoms with van der Waals surface area (Å²) in [5.74, 6) is 0.364. The molecule has 2 nitrogen and oxygen atoms in total. The Kier molecular flexibility index (Phi) is 3.32. The summed E-state index contributed by atoms with van der Waals surface area (Å²) >= 11 is 0. The molecule has 0 saturated heterocycles. The predicted octanol–water partition coefficient (Wildman–Crippen LogP) is 4.10. The van der Waals surface area contributed by atoms with Crippen molar-refractivity contribution in [2.75, 3.05) is 0 Å². The zero-order chi connectivity index (χ0) is 12.4. The van der Waals surface area contributed by atoms with Gasteiger partial charge in [-0.3, -0.25) is 4.79 Å². The van der Waals surface area contributed by atoms with Crippen molar-refractivity contribution in [3.8, 4) is 0 Å². The number of fused-ring (bicyclic) bond motifs is 1. The summed E-state index contributed by atoms with van der Waals surface area (Å²) in [4.78, 5) is 15.5. The molecule has 90 valence electrons. The van der Waals surface area contributed by atoms with Crippen molar-refractivity contribution in [1.29, 1.82) is 0 Å². The fourth-order valence-corrected chi connectivity index (χ4v) is 2.27. The van der Waals surface area contributed by atoms with Crippen LogP contribution in [0.4, 0.5) is 0 Å². The molecule has 0 aliphatic carbocycles. The summed E-state index contributed by atoms with van der Waals surface area (Å²) in [5.41, 5.74) is 3.07. The molecule has 2 aromatic rings. The van der Waals surface area contributed by atoms with Gasteiger partial charge >= 0.3 is 0 Å². The maximum Gasteiger partial charge on any atom is 0.167 e. The molecule has 1 atom stereocenters. The molecule has 0 aliphatic heterocycles. The van der Waals surface area contributed by atoms with E-state index in [0.717, 1.165) is 29.3 Å². The van der Waals surface area contributed by atoms with Crippen LogP contribution in [0.2, 0.25) is 0 Å². The third kappa shape index (κ3) is 2.26. The average molecular weight is 229 g/mol. The highest BCUT2D eigenvalue weighted by Gasteiger charge is 2.17. The van der Waals surface area contributed by atoms with E-state index >= 15 is 0 Å². The molecule has 2 rings (SSSR count). The Hall–Kier alpha value is -1.57. The zero-order valence-electron chi connectivity index (χ0n) is 10.7. The largest absolute Gasteiger partial charge is 0.360 e. The number of ketones is 1. The van der Waals surface area contributed by atoms with Crippen LogP contribution in [0.15, 0.2) is 24.4 Å². The van der Waals surface area contributed by atoms with Gasteiger partial charge in [0.15, 0.2) is 5.78 Å². The molecule has 1 heterocycles. The highest BCUT2D eigenvalue weighted by atomic mass is 16.1. The van der Waals surface area contributed by atoms with E-state index in [-0.39, 0.29) is 11.7 Å². The van der Waals surface area contributed by atoms with Gasteiger partial charge in [-0.05, 0) is 25.5 Å². The van der Waals surface area contributed by atoms with E-state index in [2.05, 4.69) is 31.0 Å². The van der Waals surface area contributed by atoms with E-state index in [4.69, 9.17) is 0 Å². The molecule has 0 spiro atoms. The molecule has 2 heteroatoms. The first-order valence-electron chi connectivity index (χ1n) is 6.25. The Balaban J connectivity index is 2.41. The van der Waals surface area contributed by atoms with Crippen LogP contribution in [0.5, 0.6) is 0 Å². The van der Waals surface area contributed by atoms with Crippen molar-refractivity contribution >= 4 is 16.7 Å². The van der Waals surface area contributed by atoms with E-state index in [1.54, 1.807) is 0 Å². The number of aromatic nitrogens is 1. The number of rotatable bonds is 4. The lowest BCUT2D eigenvalue weighted by Gasteiger charge is -2.07. The Bertz CT molecular complexity index is 539. The first kappa shape index (κ1) is 11.9. The molecule has 1 N–H and O–H groups in total. The molecular weight excluding hydrogens is 210 g/mol. The number of carbonyl (C=O) groups is 1. The minimum Gasteiger partial charge on any atom is -0.360 e. The number of H-pyrrole nitrogens is 1. The lowest BCUT2D eigenvalue weighted by molar-refractivity contribution is 0.0925. The van der Waals surface area contributed by atoms with Crippen LogP contribution in [-0.4, -0.2) is 10.8 Å². The Morgan fingerprint density at radius 2 is 2.18 bits per heavy atom. The summed E-state index contributed by atoms with van der Waals surface area (Å²) in [6.07, 6.45) is 3.85. The van der Waals surface area contributed by atoms with E-state index in [0.29, 0.717) is 0 Å². The number of benzene rings is 1. The predicted molar refractivity (Wildman–Crippen MR) is 71.4 cm³/mol. The first-order valence-corrected chi connectivity index (χ1v) is 6.25. The number of carbonyl (C=O) groups excluding carboxylic acids is 1. The first-order chi connectivity index (χ1) is 8.13. The second-order valence-corrected chi connectivity index (χ2v) is 4.81. The number of aryl methyl sites for hydroxylation is 1. The summed E-state index contributed by atoms with van der Waals surface area (Å²) < 4.78 is 0. The monoisotopic (exact) mass is 229 g/mol. The van der Waals surface area contributed by atoms with Crippen molar-refractivity contribution in [3.05, 3.63) is 35.5 Å². The number of hydrogen-bond donors (Lipinski definition) is 1. The van der Waals surface area contributed by atoms with Crippen molar-refractivity contribution < 1.29 is 4.79 Å². The van der Waals surface area contributed by atoms with Crippen LogP contribution in [0.25, 0.3) is 10.9 Å². The van der Waals surface area contributed by atoms with E-state index in [1.165, 1.54) is 5.56 Å². The van der Waals surface area contributed by atoms with Gasteiger partial charge in [0.2, 0.25) is 0 Å². The van der Waals surface area contributed by atoms with Crippen LogP contribution in [0.3, 0.4) is 0 Å².